The minimum atomic E-state index is -0.782. The summed E-state index contributed by atoms with van der Waals surface area (Å²) in [4.78, 5) is 30.3. The molecule has 168 valence electrons. The first-order chi connectivity index (χ1) is 16.5. The van der Waals surface area contributed by atoms with Crippen LogP contribution in [0.25, 0.3) is 11.7 Å². The van der Waals surface area contributed by atoms with E-state index in [-0.39, 0.29) is 22.7 Å². The third kappa shape index (κ3) is 4.61. The monoisotopic (exact) mass is 456 g/mol. The highest BCUT2D eigenvalue weighted by Gasteiger charge is 2.18. The summed E-state index contributed by atoms with van der Waals surface area (Å²) >= 11 is 0. The van der Waals surface area contributed by atoms with Gasteiger partial charge in [-0.15, -0.1) is 0 Å². The third-order valence-electron chi connectivity index (χ3n) is 4.77. The van der Waals surface area contributed by atoms with E-state index in [4.69, 9.17) is 9.47 Å². The van der Waals surface area contributed by atoms with E-state index in [0.29, 0.717) is 17.1 Å². The summed E-state index contributed by atoms with van der Waals surface area (Å²) in [6.07, 6.45) is 2.62. The number of hydrogen-bond donors (Lipinski definition) is 1. The molecule has 0 aliphatic rings. The van der Waals surface area contributed by atoms with E-state index in [1.165, 1.54) is 42.0 Å². The van der Waals surface area contributed by atoms with Crippen LogP contribution in [0.3, 0.4) is 0 Å². The Morgan fingerprint density at radius 1 is 1.09 bits per heavy atom. The van der Waals surface area contributed by atoms with Gasteiger partial charge in [-0.2, -0.15) is 10.2 Å². The Labute approximate surface area is 193 Å². The summed E-state index contributed by atoms with van der Waals surface area (Å²) in [5.41, 5.74) is -0.433. The Bertz CT molecular complexity index is 1500. The lowest BCUT2D eigenvalue weighted by Crippen LogP contribution is -2.20. The first-order valence-corrected chi connectivity index (χ1v) is 10.0. The van der Waals surface area contributed by atoms with Gasteiger partial charge in [-0.05, 0) is 54.6 Å². The van der Waals surface area contributed by atoms with Crippen LogP contribution < -0.4 is 20.3 Å². The number of rotatable bonds is 6. The van der Waals surface area contributed by atoms with Gasteiger partial charge in [0.2, 0.25) is 5.88 Å². The number of carbonyl (C=O) groups excluding carboxylic acids is 1. The van der Waals surface area contributed by atoms with E-state index in [2.05, 4.69) is 10.3 Å². The fourth-order valence-corrected chi connectivity index (χ4v) is 3.12. The van der Waals surface area contributed by atoms with Gasteiger partial charge in [0.05, 0.1) is 7.11 Å². The molecule has 0 bridgehead atoms. The molecule has 1 amide bonds. The molecule has 0 aliphatic carbocycles. The molecule has 0 atom stereocenters. The number of anilines is 1. The molecule has 2 aromatic carbocycles. The van der Waals surface area contributed by atoms with Crippen LogP contribution in [0.1, 0.15) is 5.56 Å². The van der Waals surface area contributed by atoms with Crippen LogP contribution >= 0.6 is 0 Å². The number of aromatic nitrogens is 2. The number of methoxy groups -OCH3 is 1. The van der Waals surface area contributed by atoms with E-state index in [1.807, 2.05) is 0 Å². The van der Waals surface area contributed by atoms with Gasteiger partial charge in [0, 0.05) is 11.9 Å². The van der Waals surface area contributed by atoms with E-state index in [9.17, 15) is 19.2 Å². The molecule has 2 heterocycles. The molecule has 8 nitrogen and oxygen atoms in total. The molecule has 0 radical (unpaired) electrons. The summed E-state index contributed by atoms with van der Waals surface area (Å²) in [5, 5.41) is 12.1. The fraction of sp³-hybridized carbons (Fsp3) is 0.0400. The number of nitrogens with zero attached hydrogens (tertiary/aromatic N) is 3. The molecule has 0 spiro atoms. The van der Waals surface area contributed by atoms with Crippen molar-refractivity contribution in [3.8, 4) is 23.4 Å². The van der Waals surface area contributed by atoms with Crippen LogP contribution in [0, 0.1) is 17.1 Å². The Hall–Kier alpha value is -4.97. The van der Waals surface area contributed by atoms with Gasteiger partial charge < -0.3 is 14.8 Å². The number of ether oxygens (including phenoxy) is 2. The van der Waals surface area contributed by atoms with Crippen molar-refractivity contribution >= 4 is 23.3 Å². The molecule has 9 heteroatoms. The summed E-state index contributed by atoms with van der Waals surface area (Å²) in [7, 11) is 1.47. The van der Waals surface area contributed by atoms with Crippen LogP contribution in [-0.2, 0) is 4.79 Å². The largest absolute Gasteiger partial charge is 0.493 e. The fourth-order valence-electron chi connectivity index (χ4n) is 3.12. The molecule has 0 fully saturated rings. The van der Waals surface area contributed by atoms with Crippen LogP contribution in [0.5, 0.6) is 17.4 Å². The number of fused-ring (bicyclic) bond motifs is 1. The van der Waals surface area contributed by atoms with Crippen molar-refractivity contribution in [2.24, 2.45) is 0 Å². The van der Waals surface area contributed by atoms with Crippen molar-refractivity contribution < 1.29 is 18.7 Å². The number of amides is 1. The van der Waals surface area contributed by atoms with Gasteiger partial charge in [0.25, 0.3) is 11.5 Å². The van der Waals surface area contributed by atoms with Crippen molar-refractivity contribution in [1.29, 1.82) is 5.26 Å². The highest BCUT2D eigenvalue weighted by Crippen LogP contribution is 2.31. The minimum Gasteiger partial charge on any atom is -0.493 e. The molecular formula is C25H17FN4O4. The van der Waals surface area contributed by atoms with E-state index < -0.39 is 17.3 Å². The highest BCUT2D eigenvalue weighted by molar-refractivity contribution is 6.09. The quantitative estimate of drug-likeness (QED) is 0.345. The molecule has 4 aromatic rings. The van der Waals surface area contributed by atoms with Crippen molar-refractivity contribution in [2.45, 2.75) is 0 Å². The summed E-state index contributed by atoms with van der Waals surface area (Å²) in [6.45, 7) is 0. The molecule has 0 aliphatic heterocycles. The topological polar surface area (TPSA) is 106 Å². The summed E-state index contributed by atoms with van der Waals surface area (Å²) in [5.74, 6) is -0.663. The lowest BCUT2D eigenvalue weighted by molar-refractivity contribution is -0.112. The normalized spacial score (nSPS) is 11.0. The standard InChI is InChI=1S/C25H17FN4O4/c1-33-20-6-2-3-7-21(20)34-24-19(25(32)30-13-5-4-8-22(30)29-24)14-16(15-27)23(31)28-18-11-9-17(26)10-12-18/h2-14H,1H3,(H,28,31)/b16-14-. The van der Waals surface area contributed by atoms with E-state index in [1.54, 1.807) is 48.5 Å². The molecule has 34 heavy (non-hydrogen) atoms. The van der Waals surface area contributed by atoms with Crippen molar-refractivity contribution in [3.05, 3.63) is 100 Å². The number of nitriles is 1. The number of halogens is 1. The lowest BCUT2D eigenvalue weighted by atomic mass is 10.1. The first kappa shape index (κ1) is 22.2. The number of pyridine rings is 1. The number of para-hydroxylation sites is 2. The lowest BCUT2D eigenvalue weighted by Gasteiger charge is -2.12. The number of hydrogen-bond acceptors (Lipinski definition) is 6. The smallest absolute Gasteiger partial charge is 0.269 e. The maximum atomic E-state index is 13.2. The SMILES string of the molecule is COc1ccccc1Oc1nc2ccccn2c(=O)c1/C=C(/C#N)C(=O)Nc1ccc(F)cc1. The van der Waals surface area contributed by atoms with E-state index >= 15 is 0 Å². The van der Waals surface area contributed by atoms with Gasteiger partial charge in [-0.25, -0.2) is 4.39 Å². The Morgan fingerprint density at radius 3 is 2.50 bits per heavy atom. The number of benzene rings is 2. The zero-order valence-electron chi connectivity index (χ0n) is 17.9. The predicted molar refractivity (Wildman–Crippen MR) is 123 cm³/mol. The zero-order valence-corrected chi connectivity index (χ0v) is 17.9. The average Bonchev–Trinajstić information content (AvgIpc) is 2.85. The second-order valence-corrected chi connectivity index (χ2v) is 6.95. The Morgan fingerprint density at radius 2 is 1.79 bits per heavy atom. The van der Waals surface area contributed by atoms with E-state index in [0.717, 1.165) is 6.08 Å². The summed E-state index contributed by atoms with van der Waals surface area (Å²) in [6, 6.07) is 18.6. The van der Waals surface area contributed by atoms with Crippen molar-refractivity contribution in [1.82, 2.24) is 9.38 Å². The maximum absolute atomic E-state index is 13.2. The molecule has 0 unspecified atom stereocenters. The average molecular weight is 456 g/mol. The van der Waals surface area contributed by atoms with Crippen molar-refractivity contribution in [3.63, 3.8) is 0 Å². The zero-order chi connectivity index (χ0) is 24.1. The second-order valence-electron chi connectivity index (χ2n) is 6.95. The maximum Gasteiger partial charge on any atom is 0.269 e. The molecule has 1 N–H and O–H groups in total. The second kappa shape index (κ2) is 9.67. The minimum absolute atomic E-state index is 0.108. The first-order valence-electron chi connectivity index (χ1n) is 10.0. The van der Waals surface area contributed by atoms with Crippen LogP contribution in [-0.4, -0.2) is 22.4 Å². The molecule has 4 rings (SSSR count). The Kier molecular flexibility index (Phi) is 6.32. The van der Waals surface area contributed by atoms with Gasteiger partial charge >= 0.3 is 0 Å². The molecule has 2 aromatic heterocycles. The molecule has 0 saturated carbocycles. The molecule has 0 saturated heterocycles. The molecular weight excluding hydrogens is 439 g/mol. The third-order valence-corrected chi connectivity index (χ3v) is 4.77. The van der Waals surface area contributed by atoms with Crippen LogP contribution in [0.4, 0.5) is 10.1 Å². The van der Waals surface area contributed by atoms with Crippen LogP contribution in [0.15, 0.2) is 83.3 Å². The highest BCUT2D eigenvalue weighted by atomic mass is 19.1. The van der Waals surface area contributed by atoms with Gasteiger partial charge in [0.1, 0.15) is 28.7 Å². The van der Waals surface area contributed by atoms with Gasteiger partial charge in [-0.1, -0.05) is 18.2 Å². The number of nitrogens with one attached hydrogen (secondary N) is 1. The Balaban J connectivity index is 1.81. The summed E-state index contributed by atoms with van der Waals surface area (Å²) < 4.78 is 25.6. The van der Waals surface area contributed by atoms with Gasteiger partial charge in [-0.3, -0.25) is 14.0 Å². The van der Waals surface area contributed by atoms with Gasteiger partial charge in [0.15, 0.2) is 11.5 Å². The van der Waals surface area contributed by atoms with Crippen LogP contribution in [0.2, 0.25) is 0 Å². The van der Waals surface area contributed by atoms with Crippen molar-refractivity contribution in [2.75, 3.05) is 12.4 Å². The predicted octanol–water partition coefficient (Wildman–Crippen LogP) is 4.18. The number of carbonyl (C=O) groups is 1.